The van der Waals surface area contributed by atoms with E-state index in [9.17, 15) is 9.59 Å². The third-order valence-electron chi connectivity index (χ3n) is 4.22. The van der Waals surface area contributed by atoms with Crippen molar-refractivity contribution in [3.05, 3.63) is 0 Å². The Hall–Kier alpha value is -1.26. The standard InChI is InChI=1S/C15H28N2O3/c1-4-13(11(2)3)16-15(20)17-9-7-12(8-10-17)5-6-14(18)19/h11-13H,4-10H2,1-3H3,(H,16,20)(H,18,19). The lowest BCUT2D eigenvalue weighted by Gasteiger charge is -2.33. The second-order valence-electron chi connectivity index (χ2n) is 6.07. The van der Waals surface area contributed by atoms with Crippen molar-refractivity contribution in [2.75, 3.05) is 13.1 Å². The van der Waals surface area contributed by atoms with Crippen LogP contribution in [0.2, 0.25) is 0 Å². The molecule has 0 radical (unpaired) electrons. The summed E-state index contributed by atoms with van der Waals surface area (Å²) in [5, 5.41) is 11.8. The Balaban J connectivity index is 2.33. The van der Waals surface area contributed by atoms with Gasteiger partial charge in [-0.15, -0.1) is 0 Å². The summed E-state index contributed by atoms with van der Waals surface area (Å²) in [6, 6.07) is 0.259. The van der Waals surface area contributed by atoms with Gasteiger partial charge in [0.25, 0.3) is 0 Å². The molecule has 20 heavy (non-hydrogen) atoms. The van der Waals surface area contributed by atoms with E-state index in [2.05, 4.69) is 26.1 Å². The molecule has 5 heteroatoms. The van der Waals surface area contributed by atoms with Crippen molar-refractivity contribution in [1.29, 1.82) is 0 Å². The fourth-order valence-electron chi connectivity index (χ4n) is 2.74. The van der Waals surface area contributed by atoms with Gasteiger partial charge >= 0.3 is 12.0 Å². The predicted molar refractivity (Wildman–Crippen MR) is 78.6 cm³/mol. The van der Waals surface area contributed by atoms with Gasteiger partial charge in [-0.25, -0.2) is 4.79 Å². The molecule has 1 saturated heterocycles. The van der Waals surface area contributed by atoms with Crippen molar-refractivity contribution in [3.8, 4) is 0 Å². The number of amides is 2. The van der Waals surface area contributed by atoms with Crippen molar-refractivity contribution in [3.63, 3.8) is 0 Å². The molecule has 1 aliphatic rings. The minimum absolute atomic E-state index is 0.0298. The molecule has 5 nitrogen and oxygen atoms in total. The van der Waals surface area contributed by atoms with Gasteiger partial charge in [0, 0.05) is 25.6 Å². The average Bonchev–Trinajstić information content (AvgIpc) is 2.42. The summed E-state index contributed by atoms with van der Waals surface area (Å²) in [7, 11) is 0. The number of carbonyl (C=O) groups is 2. The quantitative estimate of drug-likeness (QED) is 0.788. The van der Waals surface area contributed by atoms with Crippen LogP contribution in [0.15, 0.2) is 0 Å². The Bertz CT molecular complexity index is 323. The Morgan fingerprint density at radius 1 is 1.30 bits per heavy atom. The maximum Gasteiger partial charge on any atom is 0.317 e. The summed E-state index contributed by atoms with van der Waals surface area (Å²) in [5.41, 5.74) is 0. The first-order chi connectivity index (χ1) is 9.43. The van der Waals surface area contributed by atoms with E-state index in [1.54, 1.807) is 0 Å². The zero-order valence-corrected chi connectivity index (χ0v) is 12.9. The molecule has 2 amide bonds. The molecule has 1 unspecified atom stereocenters. The predicted octanol–water partition coefficient (Wildman–Crippen LogP) is 2.71. The van der Waals surface area contributed by atoms with Gasteiger partial charge in [-0.05, 0) is 37.5 Å². The average molecular weight is 284 g/mol. The minimum atomic E-state index is -0.729. The van der Waals surface area contributed by atoms with Crippen molar-refractivity contribution in [1.82, 2.24) is 10.2 Å². The highest BCUT2D eigenvalue weighted by Gasteiger charge is 2.24. The summed E-state index contributed by atoms with van der Waals surface area (Å²) in [4.78, 5) is 24.6. The molecule has 0 aliphatic carbocycles. The SMILES string of the molecule is CCC(NC(=O)N1CCC(CCC(=O)O)CC1)C(C)C. The Morgan fingerprint density at radius 3 is 2.35 bits per heavy atom. The second kappa shape index (κ2) is 8.12. The van der Waals surface area contributed by atoms with Crippen molar-refractivity contribution in [2.24, 2.45) is 11.8 Å². The topological polar surface area (TPSA) is 69.6 Å². The molecule has 0 saturated carbocycles. The molecule has 1 aliphatic heterocycles. The van der Waals surface area contributed by atoms with Crippen LogP contribution in [-0.2, 0) is 4.79 Å². The number of piperidine rings is 1. The number of likely N-dealkylation sites (tertiary alicyclic amines) is 1. The first-order valence-electron chi connectivity index (χ1n) is 7.71. The number of hydrogen-bond donors (Lipinski definition) is 2. The van der Waals surface area contributed by atoms with Gasteiger partial charge < -0.3 is 15.3 Å². The number of carboxylic acids is 1. The van der Waals surface area contributed by atoms with Gasteiger partial charge in [0.2, 0.25) is 0 Å². The van der Waals surface area contributed by atoms with Crippen LogP contribution in [-0.4, -0.2) is 41.1 Å². The third kappa shape index (κ3) is 5.39. The zero-order chi connectivity index (χ0) is 15.1. The molecule has 116 valence electrons. The highest BCUT2D eigenvalue weighted by atomic mass is 16.4. The monoisotopic (exact) mass is 284 g/mol. The lowest BCUT2D eigenvalue weighted by atomic mass is 9.92. The zero-order valence-electron chi connectivity index (χ0n) is 12.9. The summed E-state index contributed by atoms with van der Waals surface area (Å²) in [6.07, 6.45) is 3.74. The lowest BCUT2D eigenvalue weighted by molar-refractivity contribution is -0.137. The Labute approximate surface area is 121 Å². The van der Waals surface area contributed by atoms with Gasteiger partial charge in [0.05, 0.1) is 0 Å². The number of urea groups is 1. The molecule has 1 atom stereocenters. The van der Waals surface area contributed by atoms with Gasteiger partial charge in [-0.3, -0.25) is 4.79 Å². The second-order valence-corrected chi connectivity index (χ2v) is 6.07. The fraction of sp³-hybridized carbons (Fsp3) is 0.867. The lowest BCUT2D eigenvalue weighted by Crippen LogP contribution is -2.49. The minimum Gasteiger partial charge on any atom is -0.481 e. The van der Waals surface area contributed by atoms with Crippen LogP contribution < -0.4 is 5.32 Å². The normalized spacial score (nSPS) is 18.1. The molecule has 1 heterocycles. The van der Waals surface area contributed by atoms with Crippen molar-refractivity contribution in [2.45, 2.75) is 58.9 Å². The van der Waals surface area contributed by atoms with Crippen molar-refractivity contribution < 1.29 is 14.7 Å². The summed E-state index contributed by atoms with van der Waals surface area (Å²) in [5.74, 6) is 0.159. The number of carboxylic acid groups (broad SMARTS) is 1. The van der Waals surface area contributed by atoms with Crippen LogP contribution >= 0.6 is 0 Å². The van der Waals surface area contributed by atoms with Crippen molar-refractivity contribution >= 4 is 12.0 Å². The molecule has 2 N–H and O–H groups in total. The van der Waals surface area contributed by atoms with E-state index in [4.69, 9.17) is 5.11 Å². The van der Waals surface area contributed by atoms with Crippen LogP contribution in [0.25, 0.3) is 0 Å². The third-order valence-corrected chi connectivity index (χ3v) is 4.22. The van der Waals surface area contributed by atoms with Crippen LogP contribution in [0, 0.1) is 11.8 Å². The number of rotatable bonds is 6. The molecule has 0 spiro atoms. The number of nitrogens with one attached hydrogen (secondary N) is 1. The number of hydrogen-bond acceptors (Lipinski definition) is 2. The Kier molecular flexibility index (Phi) is 6.82. The number of carbonyl (C=O) groups excluding carboxylic acids is 1. The molecule has 0 aromatic heterocycles. The Morgan fingerprint density at radius 2 is 1.90 bits per heavy atom. The number of aliphatic carboxylic acids is 1. The first kappa shape index (κ1) is 16.8. The van der Waals surface area contributed by atoms with E-state index in [1.807, 2.05) is 4.90 Å². The van der Waals surface area contributed by atoms with E-state index in [1.165, 1.54) is 0 Å². The van der Waals surface area contributed by atoms with Gasteiger partial charge in [-0.2, -0.15) is 0 Å². The number of nitrogens with zero attached hydrogens (tertiary/aromatic N) is 1. The molecule has 0 aromatic carbocycles. The summed E-state index contributed by atoms with van der Waals surface area (Å²) >= 11 is 0. The fourth-order valence-corrected chi connectivity index (χ4v) is 2.74. The van der Waals surface area contributed by atoms with Gasteiger partial charge in [0.15, 0.2) is 0 Å². The highest BCUT2D eigenvalue weighted by Crippen LogP contribution is 2.22. The van der Waals surface area contributed by atoms with Crippen LogP contribution in [0.4, 0.5) is 4.79 Å². The maximum absolute atomic E-state index is 12.2. The van der Waals surface area contributed by atoms with E-state index in [-0.39, 0.29) is 18.5 Å². The first-order valence-corrected chi connectivity index (χ1v) is 7.71. The van der Waals surface area contributed by atoms with E-state index in [0.717, 1.165) is 38.8 Å². The van der Waals surface area contributed by atoms with E-state index < -0.39 is 5.97 Å². The maximum atomic E-state index is 12.2. The van der Waals surface area contributed by atoms with Crippen LogP contribution in [0.3, 0.4) is 0 Å². The molecule has 1 rings (SSSR count). The summed E-state index contributed by atoms with van der Waals surface area (Å²) < 4.78 is 0. The highest BCUT2D eigenvalue weighted by molar-refractivity contribution is 5.74. The summed E-state index contributed by atoms with van der Waals surface area (Å²) in [6.45, 7) is 7.80. The van der Waals surface area contributed by atoms with Gasteiger partial charge in [0.1, 0.15) is 0 Å². The smallest absolute Gasteiger partial charge is 0.317 e. The molecular weight excluding hydrogens is 256 g/mol. The largest absolute Gasteiger partial charge is 0.481 e. The molecule has 0 bridgehead atoms. The van der Waals surface area contributed by atoms with E-state index in [0.29, 0.717) is 11.8 Å². The molecule has 1 fully saturated rings. The van der Waals surface area contributed by atoms with Gasteiger partial charge in [-0.1, -0.05) is 20.8 Å². The van der Waals surface area contributed by atoms with E-state index >= 15 is 0 Å². The molecular formula is C15H28N2O3. The van der Waals surface area contributed by atoms with Crippen LogP contribution in [0.5, 0.6) is 0 Å². The molecule has 0 aromatic rings. The van der Waals surface area contributed by atoms with Crippen LogP contribution in [0.1, 0.15) is 52.9 Å².